The highest BCUT2D eigenvalue weighted by molar-refractivity contribution is 14.1. The van der Waals surface area contributed by atoms with E-state index in [0.29, 0.717) is 11.3 Å². The maximum Gasteiger partial charge on any atom is 0.226 e. The van der Waals surface area contributed by atoms with Gasteiger partial charge in [0.2, 0.25) is 3.79 Å². The molecule has 0 saturated carbocycles. The molecule has 0 amide bonds. The average molecular weight is 406 g/mol. The molecule has 0 aliphatic rings. The molecule has 0 aliphatic heterocycles. The molecule has 0 atom stereocenters. The largest absolute Gasteiger partial charge is 0.307 e. The molecule has 0 radical (unpaired) electrons. The summed E-state index contributed by atoms with van der Waals surface area (Å²) >= 11 is 3.18. The number of hydrogen-bond donors (Lipinski definition) is 0. The molecule has 0 spiro atoms. The van der Waals surface area contributed by atoms with Crippen molar-refractivity contribution in [1.29, 1.82) is 0 Å². The van der Waals surface area contributed by atoms with Gasteiger partial charge in [0.25, 0.3) is 0 Å². The highest BCUT2D eigenvalue weighted by Gasteiger charge is 2.09. The lowest BCUT2D eigenvalue weighted by molar-refractivity contribution is -0.388. The summed E-state index contributed by atoms with van der Waals surface area (Å²) in [6.07, 6.45) is 0. The smallest absolute Gasteiger partial charge is 0.226 e. The summed E-state index contributed by atoms with van der Waals surface area (Å²) in [6, 6.07) is 6.72. The van der Waals surface area contributed by atoms with Crippen LogP contribution in [0, 0.1) is 0 Å². The van der Waals surface area contributed by atoms with E-state index < -0.39 is 0 Å². The van der Waals surface area contributed by atoms with Gasteiger partial charge in [-0.3, -0.25) is 4.79 Å². The van der Waals surface area contributed by atoms with Gasteiger partial charge in [0, 0.05) is 22.6 Å². The minimum atomic E-state index is -0.120. The van der Waals surface area contributed by atoms with Crippen LogP contribution < -0.4 is 4.89 Å². The maximum absolute atomic E-state index is 11.0. The Morgan fingerprint density at radius 3 is 2.62 bits per heavy atom. The van der Waals surface area contributed by atoms with Crippen LogP contribution in [0.4, 0.5) is 0 Å². The summed E-state index contributed by atoms with van der Waals surface area (Å²) in [7, 11) is 0. The van der Waals surface area contributed by atoms with E-state index in [1.165, 1.54) is 23.0 Å². The molecule has 0 heterocycles. The Balaban J connectivity index is 2.84. The van der Waals surface area contributed by atoms with Crippen LogP contribution in [-0.2, 0) is 8.26 Å². The Morgan fingerprint density at radius 1 is 1.31 bits per heavy atom. The Bertz CT molecular complexity index is 302. The first-order chi connectivity index (χ1) is 6.25. The second kappa shape index (κ2) is 5.73. The zero-order chi connectivity index (χ0) is 9.68. The van der Waals surface area contributed by atoms with Crippen LogP contribution in [0.3, 0.4) is 0 Å². The second-order valence-electron chi connectivity index (χ2n) is 1.98. The average Bonchev–Trinajstić information content (AvgIpc) is 2.15. The first-order valence-corrected chi connectivity index (χ1v) is 5.12. The summed E-state index contributed by atoms with van der Waals surface area (Å²) in [6.45, 7) is 0. The predicted molar refractivity (Wildman–Crippen MR) is 61.6 cm³/mol. The van der Waals surface area contributed by atoms with Crippen LogP contribution in [0.25, 0.3) is 0 Å². The Morgan fingerprint density at radius 2 is 2.00 bits per heavy atom. The molecule has 4 nitrogen and oxygen atoms in total. The molecule has 0 N–H and O–H groups in total. The van der Waals surface area contributed by atoms with Crippen LogP contribution in [0.15, 0.2) is 24.3 Å². The fraction of sp³-hybridized carbons (Fsp3) is 0. The van der Waals surface area contributed by atoms with Crippen LogP contribution in [-0.4, -0.2) is 3.79 Å². The summed E-state index contributed by atoms with van der Waals surface area (Å²) < 4.78 is 4.09. The topological polar surface area (TPSA) is 44.8 Å². The van der Waals surface area contributed by atoms with E-state index in [9.17, 15) is 4.79 Å². The molecule has 0 saturated heterocycles. The molecule has 0 aromatic heterocycles. The normalized spacial score (nSPS) is 9.69. The highest BCUT2D eigenvalue weighted by atomic mass is 127. The molecule has 1 aromatic rings. The van der Waals surface area contributed by atoms with Crippen LogP contribution >= 0.6 is 45.6 Å². The zero-order valence-electron chi connectivity index (χ0n) is 6.20. The molecule has 1 aromatic carbocycles. The minimum Gasteiger partial charge on any atom is -0.307 e. The van der Waals surface area contributed by atoms with Gasteiger partial charge in [0.1, 0.15) is 0 Å². The molecular formula is C7H4I2O4. The van der Waals surface area contributed by atoms with Gasteiger partial charge in [-0.05, 0) is 17.2 Å². The van der Waals surface area contributed by atoms with Crippen molar-refractivity contribution >= 4 is 49.4 Å². The third kappa shape index (κ3) is 3.37. The number of benzene rings is 1. The molecule has 13 heavy (non-hydrogen) atoms. The summed E-state index contributed by atoms with van der Waals surface area (Å²) in [5.41, 5.74) is 0.441. The van der Waals surface area contributed by atoms with Crippen molar-refractivity contribution in [2.75, 3.05) is 0 Å². The van der Waals surface area contributed by atoms with Gasteiger partial charge < -0.3 is 4.89 Å². The van der Waals surface area contributed by atoms with Crippen molar-refractivity contribution < 1.29 is 17.9 Å². The molecule has 0 fully saturated rings. The van der Waals surface area contributed by atoms with Crippen molar-refractivity contribution in [3.63, 3.8) is 0 Å². The van der Waals surface area contributed by atoms with Gasteiger partial charge in [-0.25, -0.2) is 0 Å². The number of carbonyl (C=O) groups is 1. The standard InChI is InChI=1S/C7H4I2O4/c8-7(10)5-3-1-2-4-6(5)11-13-12-9/h1-4H. The van der Waals surface area contributed by atoms with Gasteiger partial charge in [-0.2, -0.15) is 0 Å². The Kier molecular flexibility index (Phi) is 4.91. The lowest BCUT2D eigenvalue weighted by Crippen LogP contribution is -1.98. The van der Waals surface area contributed by atoms with Crippen LogP contribution in [0.2, 0.25) is 0 Å². The molecule has 70 valence electrons. The van der Waals surface area contributed by atoms with Gasteiger partial charge >= 0.3 is 0 Å². The van der Waals surface area contributed by atoms with E-state index in [0.717, 1.165) is 0 Å². The first-order valence-electron chi connectivity index (χ1n) is 3.16. The summed E-state index contributed by atoms with van der Waals surface area (Å²) in [4.78, 5) is 15.7. The van der Waals surface area contributed by atoms with Crippen LogP contribution in [0.1, 0.15) is 10.4 Å². The Labute approximate surface area is 102 Å². The number of hydrogen-bond acceptors (Lipinski definition) is 4. The van der Waals surface area contributed by atoms with E-state index in [1.54, 1.807) is 46.9 Å². The van der Waals surface area contributed by atoms with Gasteiger partial charge in [0.05, 0.1) is 5.56 Å². The van der Waals surface area contributed by atoms with Crippen LogP contribution in [0.5, 0.6) is 5.75 Å². The molecular weight excluding hydrogens is 402 g/mol. The lowest BCUT2D eigenvalue weighted by Gasteiger charge is -2.02. The van der Waals surface area contributed by atoms with Crippen molar-refractivity contribution in [2.45, 2.75) is 0 Å². The molecule has 1 rings (SSSR count). The number of carbonyl (C=O) groups excluding carboxylic acids is 1. The van der Waals surface area contributed by atoms with Crippen molar-refractivity contribution in [2.24, 2.45) is 0 Å². The predicted octanol–water partition coefficient (Wildman–Crippen LogP) is 2.85. The first kappa shape index (κ1) is 11.1. The molecule has 0 unspecified atom stereocenters. The van der Waals surface area contributed by atoms with E-state index in [1.807, 2.05) is 0 Å². The third-order valence-corrected chi connectivity index (χ3v) is 1.98. The number of para-hydroxylation sites is 1. The van der Waals surface area contributed by atoms with E-state index in [2.05, 4.69) is 8.26 Å². The van der Waals surface area contributed by atoms with Gasteiger partial charge in [-0.15, -0.1) is 3.22 Å². The van der Waals surface area contributed by atoms with Crippen molar-refractivity contribution in [3.05, 3.63) is 29.8 Å². The zero-order valence-corrected chi connectivity index (χ0v) is 10.5. The quantitative estimate of drug-likeness (QED) is 0.334. The van der Waals surface area contributed by atoms with Gasteiger partial charge in [-0.1, -0.05) is 12.1 Å². The third-order valence-electron chi connectivity index (χ3n) is 1.25. The molecule has 0 aliphatic carbocycles. The van der Waals surface area contributed by atoms with Crippen molar-refractivity contribution in [1.82, 2.24) is 0 Å². The molecule has 0 bridgehead atoms. The van der Waals surface area contributed by atoms with E-state index in [-0.39, 0.29) is 3.79 Å². The SMILES string of the molecule is O=C(I)c1ccccc1OOOI. The number of halogens is 2. The van der Waals surface area contributed by atoms with Gasteiger partial charge in [0.15, 0.2) is 28.8 Å². The van der Waals surface area contributed by atoms with E-state index in [4.69, 9.17) is 4.89 Å². The fourth-order valence-electron chi connectivity index (χ4n) is 0.751. The monoisotopic (exact) mass is 406 g/mol. The summed E-state index contributed by atoms with van der Waals surface area (Å²) in [5, 5.41) is 4.24. The number of rotatable bonds is 4. The fourth-order valence-corrected chi connectivity index (χ4v) is 1.27. The maximum atomic E-state index is 11.0. The molecule has 6 heteroatoms. The van der Waals surface area contributed by atoms with Crippen molar-refractivity contribution in [3.8, 4) is 5.75 Å². The Hall–Kier alpha value is 0.0700. The highest BCUT2D eigenvalue weighted by Crippen LogP contribution is 2.21. The second-order valence-corrected chi connectivity index (χ2v) is 3.32. The minimum absolute atomic E-state index is 0.120. The summed E-state index contributed by atoms with van der Waals surface area (Å²) in [5.74, 6) is 0.332. The van der Waals surface area contributed by atoms with E-state index >= 15 is 0 Å². The lowest BCUT2D eigenvalue weighted by atomic mass is 10.2.